The Morgan fingerprint density at radius 2 is 1.78 bits per heavy atom. The van der Waals surface area contributed by atoms with E-state index < -0.39 is 26.0 Å². The van der Waals surface area contributed by atoms with Gasteiger partial charge in [0.25, 0.3) is 9.84 Å². The lowest BCUT2D eigenvalue weighted by Gasteiger charge is -2.44. The fourth-order valence-electron chi connectivity index (χ4n) is 6.18. The topological polar surface area (TPSA) is 78.5 Å². The maximum atomic E-state index is 13.1. The van der Waals surface area contributed by atoms with Gasteiger partial charge in [0, 0.05) is 12.6 Å². The van der Waals surface area contributed by atoms with Crippen molar-refractivity contribution in [1.82, 2.24) is 4.57 Å². The van der Waals surface area contributed by atoms with Crippen molar-refractivity contribution in [2.24, 2.45) is 11.3 Å². The van der Waals surface area contributed by atoms with Crippen LogP contribution in [0.15, 0.2) is 32.3 Å². The van der Waals surface area contributed by atoms with E-state index in [1.807, 2.05) is 0 Å². The molecule has 1 heterocycles. The molecule has 2 saturated carbocycles. The molecule has 0 bridgehead atoms. The number of sulfone groups is 1. The van der Waals surface area contributed by atoms with Crippen molar-refractivity contribution >= 4 is 20.9 Å². The van der Waals surface area contributed by atoms with Crippen LogP contribution in [-0.4, -0.2) is 31.2 Å². The molecule has 0 amide bonds. The van der Waals surface area contributed by atoms with E-state index in [-0.39, 0.29) is 22.6 Å². The van der Waals surface area contributed by atoms with Crippen molar-refractivity contribution in [2.45, 2.75) is 107 Å². The summed E-state index contributed by atoms with van der Waals surface area (Å²) in [5.74, 6) is -0.170. The van der Waals surface area contributed by atoms with E-state index in [1.54, 1.807) is 0 Å². The second-order valence-corrected chi connectivity index (χ2v) is 12.7. The summed E-state index contributed by atoms with van der Waals surface area (Å²) >= 11 is 0. The number of halogens is 3. The summed E-state index contributed by atoms with van der Waals surface area (Å²) in [7, 11) is -5.53. The lowest BCUT2D eigenvalue weighted by Crippen LogP contribution is -2.36. The average molecular weight is 532 g/mol. The Hall–Kier alpha value is -1.81. The maximum Gasteiger partial charge on any atom is 0.501 e. The van der Waals surface area contributed by atoms with E-state index in [0.29, 0.717) is 24.9 Å². The average Bonchev–Trinajstić information content (AvgIpc) is 3.13. The molecule has 0 radical (unpaired) electrons. The molecule has 0 spiro atoms. The van der Waals surface area contributed by atoms with Gasteiger partial charge in [0.05, 0.1) is 16.5 Å². The number of fused-ring (bicyclic) bond motifs is 1. The van der Waals surface area contributed by atoms with Crippen LogP contribution in [0.1, 0.15) is 90.5 Å². The predicted octanol–water partition coefficient (Wildman–Crippen LogP) is 6.78. The summed E-state index contributed by atoms with van der Waals surface area (Å²) in [6, 6.07) is 2.65. The van der Waals surface area contributed by atoms with E-state index in [9.17, 15) is 26.4 Å². The van der Waals surface area contributed by atoms with Crippen molar-refractivity contribution in [3.8, 4) is 0 Å². The Labute approximate surface area is 210 Å². The van der Waals surface area contributed by atoms with Crippen LogP contribution in [0.2, 0.25) is 0 Å². The summed E-state index contributed by atoms with van der Waals surface area (Å²) < 4.78 is 76.0. The second-order valence-electron chi connectivity index (χ2n) is 10.8. The molecule has 2 atom stereocenters. The van der Waals surface area contributed by atoms with Gasteiger partial charge in [-0.15, -0.1) is 0 Å². The van der Waals surface area contributed by atoms with Gasteiger partial charge in [0.2, 0.25) is 0 Å². The number of benzene rings is 1. The number of nitrogens with zero attached hydrogens (tertiary/aromatic N) is 1. The number of aromatic nitrogens is 1. The van der Waals surface area contributed by atoms with Gasteiger partial charge in [-0.25, -0.2) is 13.2 Å². The van der Waals surface area contributed by atoms with Crippen molar-refractivity contribution in [3.63, 3.8) is 0 Å². The summed E-state index contributed by atoms with van der Waals surface area (Å²) in [5.41, 5.74) is -5.02. The van der Waals surface area contributed by atoms with Gasteiger partial charge < -0.3 is 9.15 Å². The zero-order valence-electron chi connectivity index (χ0n) is 21.0. The monoisotopic (exact) mass is 531 g/mol. The molecule has 2 fully saturated rings. The number of oxazole rings is 1. The van der Waals surface area contributed by atoms with E-state index in [1.165, 1.54) is 4.57 Å². The molecule has 202 valence electrons. The van der Waals surface area contributed by atoms with Gasteiger partial charge in [-0.1, -0.05) is 26.7 Å². The van der Waals surface area contributed by atoms with Crippen LogP contribution in [0.4, 0.5) is 13.2 Å². The minimum Gasteiger partial charge on any atom is -0.408 e. The molecule has 2 aromatic rings. The van der Waals surface area contributed by atoms with E-state index in [0.717, 1.165) is 82.6 Å². The van der Waals surface area contributed by atoms with Crippen LogP contribution in [-0.2, 0) is 14.6 Å². The van der Waals surface area contributed by atoms with E-state index >= 15 is 0 Å². The molecule has 2 aliphatic carbocycles. The summed E-state index contributed by atoms with van der Waals surface area (Å²) in [6.45, 7) is 5.27. The second kappa shape index (κ2) is 10.5. The van der Waals surface area contributed by atoms with Crippen molar-refractivity contribution in [1.29, 1.82) is 0 Å². The number of rotatable bonds is 6. The Kier molecular flexibility index (Phi) is 7.95. The maximum absolute atomic E-state index is 13.1. The van der Waals surface area contributed by atoms with Gasteiger partial charge in [-0.2, -0.15) is 13.2 Å². The van der Waals surface area contributed by atoms with E-state index in [4.69, 9.17) is 9.15 Å². The third-order valence-corrected chi connectivity index (χ3v) is 9.85. The highest BCUT2D eigenvalue weighted by atomic mass is 32.2. The molecule has 0 aliphatic heterocycles. The first kappa shape index (κ1) is 27.2. The minimum absolute atomic E-state index is 0.0945. The first-order chi connectivity index (χ1) is 17.0. The van der Waals surface area contributed by atoms with Gasteiger partial charge >= 0.3 is 11.3 Å². The molecule has 1 aromatic heterocycles. The molecule has 36 heavy (non-hydrogen) atoms. The molecule has 1 aromatic carbocycles. The van der Waals surface area contributed by atoms with Crippen LogP contribution in [0.3, 0.4) is 0 Å². The Balaban J connectivity index is 1.55. The number of ether oxygens (including phenoxy) is 1. The fourth-order valence-corrected chi connectivity index (χ4v) is 6.96. The van der Waals surface area contributed by atoms with Gasteiger partial charge in [-0.3, -0.25) is 4.57 Å². The molecule has 4 rings (SSSR count). The molecule has 6 nitrogen and oxygen atoms in total. The zero-order valence-corrected chi connectivity index (χ0v) is 21.8. The Morgan fingerprint density at radius 1 is 1.08 bits per heavy atom. The third kappa shape index (κ3) is 5.39. The third-order valence-electron chi connectivity index (χ3n) is 8.37. The standard InChI is InChI=1S/C26H36F3NO5S/c1-3-16-34-20-12-14-25(2,15-13-20)18-6-4-5-7-19(9-8-18)30-22-17-21(36(32,33)26(27,28)29)10-11-23(22)35-24(30)31/h10-11,17-20H,3-9,12-16H2,1-2H3. The van der Waals surface area contributed by atoms with E-state index in [2.05, 4.69) is 13.8 Å². The number of alkyl halides is 3. The summed E-state index contributed by atoms with van der Waals surface area (Å²) in [4.78, 5) is 11.9. The van der Waals surface area contributed by atoms with Crippen molar-refractivity contribution in [2.75, 3.05) is 6.61 Å². The van der Waals surface area contributed by atoms with Crippen LogP contribution in [0.25, 0.3) is 11.1 Å². The Bertz CT molecular complexity index is 1210. The first-order valence-electron chi connectivity index (χ1n) is 13.0. The predicted molar refractivity (Wildman–Crippen MR) is 131 cm³/mol. The minimum atomic E-state index is -5.53. The number of hydrogen-bond donors (Lipinski definition) is 0. The zero-order chi connectivity index (χ0) is 26.1. The van der Waals surface area contributed by atoms with Gasteiger partial charge in [0.1, 0.15) is 0 Å². The smallest absolute Gasteiger partial charge is 0.408 e. The molecular formula is C26H36F3NO5S. The fraction of sp³-hybridized carbons (Fsp3) is 0.731. The molecule has 2 unspecified atom stereocenters. The van der Waals surface area contributed by atoms with Gasteiger partial charge in [0.15, 0.2) is 5.58 Å². The molecule has 0 saturated heterocycles. The molecule has 2 aliphatic rings. The summed E-state index contributed by atoms with van der Waals surface area (Å²) in [6.07, 6.45) is 11.0. The lowest BCUT2D eigenvalue weighted by atomic mass is 9.63. The summed E-state index contributed by atoms with van der Waals surface area (Å²) in [5, 5.41) is 0. The molecule has 10 heteroatoms. The Morgan fingerprint density at radius 3 is 2.44 bits per heavy atom. The quantitative estimate of drug-likeness (QED) is 0.411. The first-order valence-corrected chi connectivity index (χ1v) is 14.5. The van der Waals surface area contributed by atoms with Crippen LogP contribution >= 0.6 is 0 Å². The SMILES string of the molecule is CCCOC1CCC(C)(C2CCCCC(n3c(=O)oc4ccc(S(=O)(=O)C(F)(F)F)cc43)CC2)CC1. The van der Waals surface area contributed by atoms with Gasteiger partial charge in [-0.05, 0) is 87.3 Å². The number of hydrogen-bond acceptors (Lipinski definition) is 5. The lowest BCUT2D eigenvalue weighted by molar-refractivity contribution is -0.0436. The van der Waals surface area contributed by atoms with Crippen LogP contribution in [0, 0.1) is 11.3 Å². The largest absolute Gasteiger partial charge is 0.501 e. The van der Waals surface area contributed by atoms with Crippen LogP contribution < -0.4 is 5.76 Å². The molecule has 0 N–H and O–H groups in total. The highest BCUT2D eigenvalue weighted by molar-refractivity contribution is 7.92. The normalized spacial score (nSPS) is 28.6. The van der Waals surface area contributed by atoms with Crippen LogP contribution in [0.5, 0.6) is 0 Å². The highest BCUT2D eigenvalue weighted by Gasteiger charge is 2.47. The van der Waals surface area contributed by atoms with Crippen molar-refractivity contribution in [3.05, 3.63) is 28.7 Å². The molecular weight excluding hydrogens is 495 g/mol. The highest BCUT2D eigenvalue weighted by Crippen LogP contribution is 2.48. The van der Waals surface area contributed by atoms with Crippen molar-refractivity contribution < 1.29 is 30.7 Å².